The maximum atomic E-state index is 5.68. The smallest absolute Gasteiger partial charge is 0.0139 e. The van der Waals surface area contributed by atoms with Crippen LogP contribution in [0.1, 0.15) is 20.3 Å². The number of nitrogens with two attached hydrogens (primary N) is 1. The van der Waals surface area contributed by atoms with Crippen LogP contribution in [0, 0.1) is 11.8 Å². The molecular weight excluding hydrogens is 136 g/mol. The maximum absolute atomic E-state index is 5.68. The molecule has 2 N–H and O–H groups in total. The van der Waals surface area contributed by atoms with Gasteiger partial charge < -0.3 is 10.6 Å². The molecule has 0 aromatic rings. The first-order chi connectivity index (χ1) is 5.09. The van der Waals surface area contributed by atoms with Gasteiger partial charge in [0.05, 0.1) is 0 Å². The Balaban J connectivity index is 2.06. The average molecular weight is 156 g/mol. The van der Waals surface area contributed by atoms with Crippen LogP contribution in [0.3, 0.4) is 0 Å². The molecule has 0 amide bonds. The number of rotatable bonds is 4. The predicted octanol–water partition coefficient (Wildman–Crippen LogP) is 0.921. The van der Waals surface area contributed by atoms with Crippen LogP contribution < -0.4 is 5.73 Å². The Morgan fingerprint density at radius 2 is 2.18 bits per heavy atom. The van der Waals surface area contributed by atoms with Crippen molar-refractivity contribution in [2.75, 3.05) is 20.1 Å². The van der Waals surface area contributed by atoms with Gasteiger partial charge in [-0.3, -0.25) is 0 Å². The van der Waals surface area contributed by atoms with Crippen LogP contribution in [0.2, 0.25) is 0 Å². The average Bonchev–Trinajstić information content (AvgIpc) is 2.43. The van der Waals surface area contributed by atoms with Crippen molar-refractivity contribution in [2.45, 2.75) is 26.3 Å². The first kappa shape index (κ1) is 9.01. The van der Waals surface area contributed by atoms with Gasteiger partial charge in [0, 0.05) is 19.1 Å². The standard InChI is InChI=1S/C9H20N2/c1-7-4-9(7)6-11(3)5-8(2)10/h7-9H,4-6,10H2,1-3H3. The van der Waals surface area contributed by atoms with E-state index < -0.39 is 0 Å². The van der Waals surface area contributed by atoms with E-state index >= 15 is 0 Å². The third kappa shape index (κ3) is 3.21. The zero-order valence-electron chi connectivity index (χ0n) is 7.88. The van der Waals surface area contributed by atoms with Crippen LogP contribution in [0.4, 0.5) is 0 Å². The first-order valence-corrected chi connectivity index (χ1v) is 4.53. The van der Waals surface area contributed by atoms with Gasteiger partial charge in [-0.1, -0.05) is 6.92 Å². The van der Waals surface area contributed by atoms with Gasteiger partial charge in [-0.15, -0.1) is 0 Å². The summed E-state index contributed by atoms with van der Waals surface area (Å²) in [5.41, 5.74) is 5.68. The van der Waals surface area contributed by atoms with E-state index in [0.29, 0.717) is 6.04 Å². The summed E-state index contributed by atoms with van der Waals surface area (Å²) >= 11 is 0. The summed E-state index contributed by atoms with van der Waals surface area (Å²) < 4.78 is 0. The number of hydrogen-bond donors (Lipinski definition) is 1. The summed E-state index contributed by atoms with van der Waals surface area (Å²) in [4.78, 5) is 2.35. The van der Waals surface area contributed by atoms with E-state index in [9.17, 15) is 0 Å². The summed E-state index contributed by atoms with van der Waals surface area (Å²) in [7, 11) is 2.16. The summed E-state index contributed by atoms with van der Waals surface area (Å²) in [5, 5.41) is 0. The second kappa shape index (κ2) is 3.55. The van der Waals surface area contributed by atoms with Gasteiger partial charge in [0.25, 0.3) is 0 Å². The quantitative estimate of drug-likeness (QED) is 0.656. The molecular formula is C9H20N2. The highest BCUT2D eigenvalue weighted by Crippen LogP contribution is 2.37. The monoisotopic (exact) mass is 156 g/mol. The van der Waals surface area contributed by atoms with E-state index in [1.807, 2.05) is 0 Å². The van der Waals surface area contributed by atoms with E-state index in [-0.39, 0.29) is 0 Å². The second-order valence-electron chi connectivity index (χ2n) is 4.17. The number of hydrogen-bond acceptors (Lipinski definition) is 2. The summed E-state index contributed by atoms with van der Waals surface area (Å²) in [6.07, 6.45) is 1.42. The Labute approximate surface area is 69.8 Å². The summed E-state index contributed by atoms with van der Waals surface area (Å²) in [6.45, 7) is 6.66. The molecule has 0 aliphatic heterocycles. The molecule has 0 aromatic heterocycles. The molecule has 1 aliphatic carbocycles. The summed E-state index contributed by atoms with van der Waals surface area (Å²) in [6, 6.07) is 0.314. The van der Waals surface area contributed by atoms with Crippen molar-refractivity contribution in [3.05, 3.63) is 0 Å². The molecule has 1 rings (SSSR count). The third-order valence-corrected chi connectivity index (χ3v) is 2.42. The van der Waals surface area contributed by atoms with E-state index in [0.717, 1.165) is 18.4 Å². The van der Waals surface area contributed by atoms with Crippen molar-refractivity contribution >= 4 is 0 Å². The van der Waals surface area contributed by atoms with Crippen LogP contribution in [-0.2, 0) is 0 Å². The summed E-state index contributed by atoms with van der Waals surface area (Å²) in [5.74, 6) is 1.92. The Morgan fingerprint density at radius 3 is 2.55 bits per heavy atom. The Morgan fingerprint density at radius 1 is 1.64 bits per heavy atom. The fraction of sp³-hybridized carbons (Fsp3) is 1.00. The molecule has 0 heterocycles. The minimum atomic E-state index is 0.314. The predicted molar refractivity (Wildman–Crippen MR) is 48.4 cm³/mol. The molecule has 0 spiro atoms. The fourth-order valence-electron chi connectivity index (χ4n) is 1.62. The highest BCUT2D eigenvalue weighted by Gasteiger charge is 2.32. The Kier molecular flexibility index (Phi) is 2.90. The number of likely N-dealkylation sites (N-methyl/N-ethyl adjacent to an activating group) is 1. The van der Waals surface area contributed by atoms with Crippen molar-refractivity contribution in [3.8, 4) is 0 Å². The van der Waals surface area contributed by atoms with Crippen LogP contribution in [0.25, 0.3) is 0 Å². The molecule has 0 aromatic carbocycles. The first-order valence-electron chi connectivity index (χ1n) is 4.53. The number of nitrogens with zero attached hydrogens (tertiary/aromatic N) is 1. The lowest BCUT2D eigenvalue weighted by Gasteiger charge is -2.18. The van der Waals surface area contributed by atoms with Gasteiger partial charge in [-0.2, -0.15) is 0 Å². The molecule has 1 fully saturated rings. The fourth-order valence-corrected chi connectivity index (χ4v) is 1.62. The molecule has 11 heavy (non-hydrogen) atoms. The topological polar surface area (TPSA) is 29.3 Å². The molecule has 3 atom stereocenters. The zero-order chi connectivity index (χ0) is 8.43. The highest BCUT2D eigenvalue weighted by molar-refractivity contribution is 4.84. The lowest BCUT2D eigenvalue weighted by molar-refractivity contribution is 0.300. The minimum Gasteiger partial charge on any atom is -0.327 e. The van der Waals surface area contributed by atoms with Gasteiger partial charge in [0.15, 0.2) is 0 Å². The minimum absolute atomic E-state index is 0.314. The van der Waals surface area contributed by atoms with E-state index in [1.165, 1.54) is 13.0 Å². The third-order valence-electron chi connectivity index (χ3n) is 2.42. The Bertz CT molecular complexity index is 123. The Hall–Kier alpha value is -0.0800. The van der Waals surface area contributed by atoms with Gasteiger partial charge in [0.2, 0.25) is 0 Å². The largest absolute Gasteiger partial charge is 0.327 e. The van der Waals surface area contributed by atoms with Gasteiger partial charge >= 0.3 is 0 Å². The maximum Gasteiger partial charge on any atom is 0.0139 e. The van der Waals surface area contributed by atoms with Crippen LogP contribution in [-0.4, -0.2) is 31.1 Å². The van der Waals surface area contributed by atoms with Gasteiger partial charge in [-0.25, -0.2) is 0 Å². The lowest BCUT2D eigenvalue weighted by atomic mass is 10.3. The SMILES string of the molecule is CC(N)CN(C)CC1CC1C. The van der Waals surface area contributed by atoms with Gasteiger partial charge in [0.1, 0.15) is 0 Å². The molecule has 3 unspecified atom stereocenters. The van der Waals surface area contributed by atoms with E-state index in [4.69, 9.17) is 5.73 Å². The van der Waals surface area contributed by atoms with E-state index in [1.54, 1.807) is 0 Å². The normalized spacial score (nSPS) is 32.5. The molecule has 0 bridgehead atoms. The highest BCUT2D eigenvalue weighted by atomic mass is 15.1. The molecule has 0 radical (unpaired) electrons. The van der Waals surface area contributed by atoms with Crippen molar-refractivity contribution in [2.24, 2.45) is 17.6 Å². The second-order valence-corrected chi connectivity index (χ2v) is 4.17. The molecule has 1 aliphatic rings. The van der Waals surface area contributed by atoms with Crippen molar-refractivity contribution < 1.29 is 0 Å². The lowest BCUT2D eigenvalue weighted by Crippen LogP contribution is -2.34. The van der Waals surface area contributed by atoms with Crippen molar-refractivity contribution in [3.63, 3.8) is 0 Å². The van der Waals surface area contributed by atoms with Crippen molar-refractivity contribution in [1.82, 2.24) is 4.90 Å². The molecule has 0 saturated heterocycles. The molecule has 1 saturated carbocycles. The zero-order valence-corrected chi connectivity index (χ0v) is 7.88. The van der Waals surface area contributed by atoms with Crippen molar-refractivity contribution in [1.29, 1.82) is 0 Å². The van der Waals surface area contributed by atoms with E-state index in [2.05, 4.69) is 25.8 Å². The van der Waals surface area contributed by atoms with Crippen LogP contribution in [0.15, 0.2) is 0 Å². The van der Waals surface area contributed by atoms with Crippen LogP contribution in [0.5, 0.6) is 0 Å². The molecule has 66 valence electrons. The van der Waals surface area contributed by atoms with Gasteiger partial charge in [-0.05, 0) is 32.2 Å². The molecule has 2 heteroatoms. The molecule has 2 nitrogen and oxygen atoms in total. The van der Waals surface area contributed by atoms with Crippen LogP contribution >= 0.6 is 0 Å².